The van der Waals surface area contributed by atoms with E-state index in [1.807, 2.05) is 0 Å². The molecule has 1 heterocycles. The van der Waals surface area contributed by atoms with Gasteiger partial charge in [0.25, 0.3) is 0 Å². The van der Waals surface area contributed by atoms with E-state index in [1.54, 1.807) is 0 Å². The molecule has 2 aromatic rings. The van der Waals surface area contributed by atoms with Crippen molar-refractivity contribution >= 4 is 11.9 Å². The van der Waals surface area contributed by atoms with Crippen molar-refractivity contribution in [3.8, 4) is 0 Å². The highest BCUT2D eigenvalue weighted by atomic mass is 16.5. The summed E-state index contributed by atoms with van der Waals surface area (Å²) in [7, 11) is 4.28. The van der Waals surface area contributed by atoms with Crippen LogP contribution in [0.15, 0.2) is 72.8 Å². The zero-order valence-corrected chi connectivity index (χ0v) is 16.7. The zero-order chi connectivity index (χ0) is 21.3. The molecule has 0 saturated carbocycles. The molecule has 0 aliphatic carbocycles. The first-order valence-corrected chi connectivity index (χ1v) is 9.40. The third-order valence-electron chi connectivity index (χ3n) is 4.73. The Morgan fingerprint density at radius 1 is 0.966 bits per heavy atom. The average Bonchev–Trinajstić information content (AvgIpc) is 3.12. The van der Waals surface area contributed by atoms with Gasteiger partial charge in [0, 0.05) is 31.2 Å². The Balaban J connectivity index is 0.000000321. The molecular weight excluding hydrogens is 370 g/mol. The van der Waals surface area contributed by atoms with Crippen LogP contribution in [0.5, 0.6) is 0 Å². The van der Waals surface area contributed by atoms with Crippen molar-refractivity contribution in [2.75, 3.05) is 27.2 Å². The van der Waals surface area contributed by atoms with Gasteiger partial charge >= 0.3 is 11.9 Å². The molecule has 154 valence electrons. The van der Waals surface area contributed by atoms with E-state index in [0.717, 1.165) is 19.6 Å². The van der Waals surface area contributed by atoms with Crippen LogP contribution in [-0.4, -0.2) is 54.3 Å². The predicted molar refractivity (Wildman–Crippen MR) is 111 cm³/mol. The first-order chi connectivity index (χ1) is 13.9. The number of hydrogen-bond donors (Lipinski definition) is 2. The highest BCUT2D eigenvalue weighted by Gasteiger charge is 2.47. The van der Waals surface area contributed by atoms with E-state index in [1.165, 1.54) is 11.1 Å². The first-order valence-electron chi connectivity index (χ1n) is 9.40. The lowest BCUT2D eigenvalue weighted by Crippen LogP contribution is -2.39. The van der Waals surface area contributed by atoms with E-state index in [9.17, 15) is 9.59 Å². The van der Waals surface area contributed by atoms with E-state index in [4.69, 9.17) is 14.9 Å². The number of rotatable bonds is 6. The Morgan fingerprint density at radius 2 is 1.41 bits per heavy atom. The number of benzene rings is 2. The van der Waals surface area contributed by atoms with Gasteiger partial charge in [0.15, 0.2) is 0 Å². The van der Waals surface area contributed by atoms with Crippen molar-refractivity contribution in [1.29, 1.82) is 0 Å². The molecule has 6 heteroatoms. The smallest absolute Gasteiger partial charge is 0.328 e. The summed E-state index contributed by atoms with van der Waals surface area (Å²) in [6.07, 6.45) is 2.21. The maximum absolute atomic E-state index is 9.55. The minimum atomic E-state index is -1.26. The van der Waals surface area contributed by atoms with Gasteiger partial charge in [0.05, 0.1) is 0 Å². The van der Waals surface area contributed by atoms with Crippen LogP contribution in [0.4, 0.5) is 0 Å². The minimum absolute atomic E-state index is 0.313. The molecule has 3 rings (SSSR count). The number of hydrogen-bond acceptors (Lipinski definition) is 4. The summed E-state index contributed by atoms with van der Waals surface area (Å²) in [4.78, 5) is 21.4. The molecule has 2 aromatic carbocycles. The average molecular weight is 397 g/mol. The number of aliphatic carboxylic acids is 2. The van der Waals surface area contributed by atoms with E-state index < -0.39 is 11.9 Å². The van der Waals surface area contributed by atoms with Crippen molar-refractivity contribution in [2.24, 2.45) is 5.92 Å². The Hall–Kier alpha value is -2.96. The summed E-state index contributed by atoms with van der Waals surface area (Å²) >= 11 is 0. The van der Waals surface area contributed by atoms with Gasteiger partial charge in [-0.2, -0.15) is 0 Å². The van der Waals surface area contributed by atoms with Crippen LogP contribution in [0.2, 0.25) is 0 Å². The second kappa shape index (κ2) is 10.5. The highest BCUT2D eigenvalue weighted by molar-refractivity contribution is 5.89. The molecule has 1 aliphatic rings. The Kier molecular flexibility index (Phi) is 8.12. The van der Waals surface area contributed by atoms with Gasteiger partial charge in [-0.05, 0) is 31.6 Å². The van der Waals surface area contributed by atoms with Crippen LogP contribution in [0.3, 0.4) is 0 Å². The molecule has 1 aliphatic heterocycles. The summed E-state index contributed by atoms with van der Waals surface area (Å²) in [6, 6.07) is 21.3. The van der Waals surface area contributed by atoms with E-state index >= 15 is 0 Å². The first kappa shape index (κ1) is 22.3. The van der Waals surface area contributed by atoms with Gasteiger partial charge < -0.3 is 19.8 Å². The maximum atomic E-state index is 9.55. The van der Waals surface area contributed by atoms with Crippen molar-refractivity contribution in [3.05, 3.63) is 83.9 Å². The molecule has 1 atom stereocenters. The quantitative estimate of drug-likeness (QED) is 0.728. The van der Waals surface area contributed by atoms with E-state index in [-0.39, 0.29) is 5.60 Å². The molecule has 0 bridgehead atoms. The second-order valence-corrected chi connectivity index (χ2v) is 7.07. The van der Waals surface area contributed by atoms with Gasteiger partial charge in [-0.15, -0.1) is 0 Å². The van der Waals surface area contributed by atoms with Crippen LogP contribution in [0.25, 0.3) is 0 Å². The van der Waals surface area contributed by atoms with Crippen LogP contribution >= 0.6 is 0 Å². The number of carboxylic acids is 2. The Morgan fingerprint density at radius 3 is 1.79 bits per heavy atom. The molecule has 0 aromatic heterocycles. The third-order valence-corrected chi connectivity index (χ3v) is 4.73. The van der Waals surface area contributed by atoms with Gasteiger partial charge in [0.1, 0.15) is 5.60 Å². The van der Waals surface area contributed by atoms with Gasteiger partial charge in [-0.3, -0.25) is 0 Å². The number of ether oxygens (including phenoxy) is 1. The molecule has 0 spiro atoms. The Labute approximate surface area is 171 Å². The lowest BCUT2D eigenvalue weighted by Gasteiger charge is -2.37. The molecule has 0 amide bonds. The van der Waals surface area contributed by atoms with E-state index in [2.05, 4.69) is 79.7 Å². The lowest BCUT2D eigenvalue weighted by molar-refractivity contribution is -0.134. The molecular formula is C23H27NO5. The molecule has 6 nitrogen and oxygen atoms in total. The predicted octanol–water partition coefficient (Wildman–Crippen LogP) is 3.24. The molecule has 1 fully saturated rings. The molecule has 2 N–H and O–H groups in total. The van der Waals surface area contributed by atoms with Crippen molar-refractivity contribution in [3.63, 3.8) is 0 Å². The number of carboxylic acid groups (broad SMARTS) is 2. The summed E-state index contributed by atoms with van der Waals surface area (Å²) in [5, 5.41) is 15.6. The summed E-state index contributed by atoms with van der Waals surface area (Å²) in [5.74, 6) is -2.04. The standard InChI is InChI=1S/C19H23NO.C4H4O4/c1-20(2)15-18-13-14-21-19(18,16-9-5-3-6-10-16)17-11-7-4-8-12-17;5-3(6)1-2-4(7)8/h3-12,18H,13-15H2,1-2H3;1-2H,(H,5,6)(H,7,8)/b;2-1-. The molecule has 1 unspecified atom stereocenters. The SMILES string of the molecule is CN(C)CC1CCOC1(c1ccccc1)c1ccccc1.O=C(O)/C=C\C(=O)O. The maximum Gasteiger partial charge on any atom is 0.328 e. The second-order valence-electron chi connectivity index (χ2n) is 7.07. The van der Waals surface area contributed by atoms with Crippen molar-refractivity contribution in [2.45, 2.75) is 12.0 Å². The summed E-state index contributed by atoms with van der Waals surface area (Å²) in [6.45, 7) is 1.85. The Bertz CT molecular complexity index is 762. The summed E-state index contributed by atoms with van der Waals surface area (Å²) < 4.78 is 6.40. The lowest BCUT2D eigenvalue weighted by atomic mass is 9.76. The largest absolute Gasteiger partial charge is 0.478 e. The number of nitrogens with zero attached hydrogens (tertiary/aromatic N) is 1. The fraction of sp³-hybridized carbons (Fsp3) is 0.304. The topological polar surface area (TPSA) is 87.1 Å². The van der Waals surface area contributed by atoms with Gasteiger partial charge in [-0.1, -0.05) is 60.7 Å². The van der Waals surface area contributed by atoms with Crippen LogP contribution in [0, 0.1) is 5.92 Å². The van der Waals surface area contributed by atoms with Gasteiger partial charge in [-0.25, -0.2) is 9.59 Å². The molecule has 1 saturated heterocycles. The van der Waals surface area contributed by atoms with Crippen LogP contribution in [0.1, 0.15) is 17.5 Å². The fourth-order valence-electron chi connectivity index (χ4n) is 3.66. The third kappa shape index (κ3) is 6.01. The minimum Gasteiger partial charge on any atom is -0.478 e. The zero-order valence-electron chi connectivity index (χ0n) is 16.7. The number of carbonyl (C=O) groups is 2. The van der Waals surface area contributed by atoms with E-state index in [0.29, 0.717) is 18.1 Å². The monoisotopic (exact) mass is 397 g/mol. The molecule has 0 radical (unpaired) electrons. The molecule has 29 heavy (non-hydrogen) atoms. The van der Waals surface area contributed by atoms with Crippen LogP contribution < -0.4 is 0 Å². The fourth-order valence-corrected chi connectivity index (χ4v) is 3.66. The van der Waals surface area contributed by atoms with Crippen molar-refractivity contribution < 1.29 is 24.5 Å². The highest BCUT2D eigenvalue weighted by Crippen LogP contribution is 2.46. The van der Waals surface area contributed by atoms with Gasteiger partial charge in [0.2, 0.25) is 0 Å². The summed E-state index contributed by atoms with van der Waals surface area (Å²) in [5.41, 5.74) is 2.22. The van der Waals surface area contributed by atoms with Crippen molar-refractivity contribution in [1.82, 2.24) is 4.90 Å². The normalized spacial score (nSPS) is 17.7. The van der Waals surface area contributed by atoms with Crippen LogP contribution in [-0.2, 0) is 19.9 Å².